The van der Waals surface area contributed by atoms with Gasteiger partial charge in [-0.15, -0.1) is 0 Å². The van der Waals surface area contributed by atoms with Crippen LogP contribution in [0.1, 0.15) is 12.8 Å². The Kier molecular flexibility index (Phi) is 3.09. The summed E-state index contributed by atoms with van der Waals surface area (Å²) in [6.07, 6.45) is 0.500. The fourth-order valence-electron chi connectivity index (χ4n) is 1.41. The lowest BCUT2D eigenvalue weighted by molar-refractivity contribution is -0.943. The number of carbonyl (C=O) groups is 2. The standard InChI is InChI=1S/C9H16N3O3/c1-10-9(11(2)3)15-12(4)7(13)5-6-8(12)14/h5-6H2,1-4H3/q+1/p+1. The summed E-state index contributed by atoms with van der Waals surface area (Å²) in [5.41, 5.74) is 0. The summed E-state index contributed by atoms with van der Waals surface area (Å²) in [6, 6.07) is 0.390. The number of nitrogens with one attached hydrogen (secondary N) is 1. The van der Waals surface area contributed by atoms with Gasteiger partial charge in [-0.3, -0.25) is 0 Å². The summed E-state index contributed by atoms with van der Waals surface area (Å²) in [7, 11) is 6.68. The lowest BCUT2D eigenvalue weighted by Gasteiger charge is -2.19. The van der Waals surface area contributed by atoms with Gasteiger partial charge in [0.1, 0.15) is 7.05 Å². The van der Waals surface area contributed by atoms with Crippen molar-refractivity contribution in [3.05, 3.63) is 0 Å². The predicted molar refractivity (Wildman–Crippen MR) is 52.7 cm³/mol. The normalized spacial score (nSPS) is 18.9. The molecule has 0 unspecified atom stereocenters. The van der Waals surface area contributed by atoms with Gasteiger partial charge in [0.05, 0.1) is 34.0 Å². The second-order valence-electron chi connectivity index (χ2n) is 3.75. The molecule has 0 saturated carbocycles. The van der Waals surface area contributed by atoms with E-state index in [0.29, 0.717) is 6.02 Å². The van der Waals surface area contributed by atoms with Crippen molar-refractivity contribution in [2.24, 2.45) is 0 Å². The number of quaternary nitrogens is 1. The van der Waals surface area contributed by atoms with Gasteiger partial charge in [0.25, 0.3) is 0 Å². The molecule has 1 rings (SSSR count). The monoisotopic (exact) mass is 215 g/mol. The molecule has 6 heteroatoms. The molecule has 15 heavy (non-hydrogen) atoms. The first-order valence-corrected chi connectivity index (χ1v) is 4.76. The summed E-state index contributed by atoms with van der Waals surface area (Å²) >= 11 is 0. The van der Waals surface area contributed by atoms with E-state index >= 15 is 0 Å². The molecule has 1 N–H and O–H groups in total. The first-order chi connectivity index (χ1) is 6.91. The average Bonchev–Trinajstić information content (AvgIpc) is 2.42. The lowest BCUT2D eigenvalue weighted by Crippen LogP contribution is -2.53. The molecule has 2 amide bonds. The Bertz CT molecular complexity index is 315. The van der Waals surface area contributed by atoms with Gasteiger partial charge in [0.2, 0.25) is 0 Å². The molecule has 1 saturated heterocycles. The van der Waals surface area contributed by atoms with E-state index in [1.165, 1.54) is 7.05 Å². The van der Waals surface area contributed by atoms with Gasteiger partial charge in [-0.2, -0.15) is 0 Å². The molecule has 0 radical (unpaired) electrons. The number of rotatable bonds is 1. The summed E-state index contributed by atoms with van der Waals surface area (Å²) in [6.45, 7) is 0. The molecule has 0 aliphatic carbocycles. The molecule has 0 bridgehead atoms. The van der Waals surface area contributed by atoms with E-state index in [1.807, 2.05) is 0 Å². The topological polar surface area (TPSA) is 58.4 Å². The highest BCUT2D eigenvalue weighted by Crippen LogP contribution is 2.20. The Morgan fingerprint density at radius 3 is 2.13 bits per heavy atom. The number of hydroxylamine groups is 3. The van der Waals surface area contributed by atoms with Gasteiger partial charge in [0.15, 0.2) is 0 Å². The molecule has 0 spiro atoms. The number of hydrogen-bond acceptors (Lipinski definition) is 3. The third-order valence-corrected chi connectivity index (χ3v) is 2.39. The van der Waals surface area contributed by atoms with E-state index in [-0.39, 0.29) is 24.7 Å². The molecule has 0 atom stereocenters. The second-order valence-corrected chi connectivity index (χ2v) is 3.75. The number of carbonyl (C=O) groups excluding carboxylic acids is 2. The molecule has 0 aromatic rings. The maximum Gasteiger partial charge on any atom is 0.494 e. The van der Waals surface area contributed by atoms with E-state index < -0.39 is 4.65 Å². The zero-order valence-corrected chi connectivity index (χ0v) is 9.53. The van der Waals surface area contributed by atoms with Gasteiger partial charge in [0, 0.05) is 0 Å². The quantitative estimate of drug-likeness (QED) is 0.202. The van der Waals surface area contributed by atoms with Crippen LogP contribution in [0.4, 0.5) is 0 Å². The van der Waals surface area contributed by atoms with Crippen LogP contribution < -0.4 is 5.32 Å². The van der Waals surface area contributed by atoms with E-state index in [2.05, 4.69) is 5.32 Å². The molecule has 0 aromatic carbocycles. The number of amidine groups is 1. The lowest BCUT2D eigenvalue weighted by atomic mass is 10.4. The molecule has 0 aromatic heterocycles. The molecular weight excluding hydrogens is 198 g/mol. The highest BCUT2D eigenvalue weighted by atomic mass is 16.7. The third kappa shape index (κ3) is 1.99. The van der Waals surface area contributed by atoms with Gasteiger partial charge in [-0.05, 0) is 4.65 Å². The van der Waals surface area contributed by atoms with Crippen LogP contribution in [0.25, 0.3) is 0 Å². The number of nitrogens with zero attached hydrogens (tertiary/aromatic N) is 2. The molecular formula is C9H17N3O3+2. The van der Waals surface area contributed by atoms with Crippen molar-refractivity contribution < 1.29 is 23.6 Å². The van der Waals surface area contributed by atoms with Crippen LogP contribution in [0, 0.1) is 0 Å². The summed E-state index contributed by atoms with van der Waals surface area (Å²) in [5.74, 6) is -0.427. The number of amides is 2. The summed E-state index contributed by atoms with van der Waals surface area (Å²) < 4.78 is 1.07. The predicted octanol–water partition coefficient (Wildman–Crippen LogP) is -0.941. The molecule has 84 valence electrons. The van der Waals surface area contributed by atoms with E-state index in [4.69, 9.17) is 4.84 Å². The van der Waals surface area contributed by atoms with Crippen molar-refractivity contribution in [2.75, 3.05) is 28.2 Å². The Morgan fingerprint density at radius 2 is 1.80 bits per heavy atom. The fourth-order valence-corrected chi connectivity index (χ4v) is 1.41. The number of likely N-dealkylation sites (tertiary alicyclic amines) is 1. The van der Waals surface area contributed by atoms with Crippen molar-refractivity contribution >= 4 is 17.8 Å². The van der Waals surface area contributed by atoms with Crippen LogP contribution in [-0.2, 0) is 14.4 Å². The fraction of sp³-hybridized carbons (Fsp3) is 0.667. The maximum absolute atomic E-state index is 11.5. The van der Waals surface area contributed by atoms with Gasteiger partial charge >= 0.3 is 17.8 Å². The first-order valence-electron chi connectivity index (χ1n) is 4.76. The van der Waals surface area contributed by atoms with Gasteiger partial charge < -0.3 is 0 Å². The van der Waals surface area contributed by atoms with Crippen LogP contribution in [-0.4, -0.2) is 55.2 Å². The molecule has 1 heterocycles. The Morgan fingerprint density at radius 1 is 1.33 bits per heavy atom. The van der Waals surface area contributed by atoms with Gasteiger partial charge in [-0.25, -0.2) is 24.3 Å². The minimum absolute atomic E-state index is 0.213. The zero-order valence-electron chi connectivity index (χ0n) is 9.53. The SMILES string of the molecule is CNC(O[N+]1(C)C(=O)CCC1=O)=[N+](C)C. The van der Waals surface area contributed by atoms with Crippen molar-refractivity contribution in [3.63, 3.8) is 0 Å². The van der Waals surface area contributed by atoms with Gasteiger partial charge in [-0.1, -0.05) is 0 Å². The van der Waals surface area contributed by atoms with Crippen LogP contribution in [0.3, 0.4) is 0 Å². The molecule has 1 fully saturated rings. The largest absolute Gasteiger partial charge is 0.494 e. The van der Waals surface area contributed by atoms with E-state index in [1.54, 1.807) is 25.7 Å². The van der Waals surface area contributed by atoms with E-state index in [9.17, 15) is 9.59 Å². The third-order valence-electron chi connectivity index (χ3n) is 2.39. The van der Waals surface area contributed by atoms with Crippen LogP contribution in [0.15, 0.2) is 0 Å². The van der Waals surface area contributed by atoms with Crippen LogP contribution >= 0.6 is 0 Å². The van der Waals surface area contributed by atoms with Crippen molar-refractivity contribution in [1.82, 2.24) is 5.32 Å². The Hall–Kier alpha value is -1.43. The van der Waals surface area contributed by atoms with Crippen LogP contribution in [0.2, 0.25) is 0 Å². The number of imide groups is 1. The summed E-state index contributed by atoms with van der Waals surface area (Å²) in [4.78, 5) is 28.5. The Labute approximate surface area is 88.7 Å². The molecule has 6 nitrogen and oxygen atoms in total. The maximum atomic E-state index is 11.5. The molecule has 1 aliphatic heterocycles. The first kappa shape index (κ1) is 11.6. The number of hydrogen-bond donors (Lipinski definition) is 1. The minimum atomic E-state index is -0.603. The summed E-state index contributed by atoms with van der Waals surface area (Å²) in [5, 5.41) is 2.80. The zero-order chi connectivity index (χ0) is 11.6. The molecule has 1 aliphatic rings. The van der Waals surface area contributed by atoms with Crippen molar-refractivity contribution in [1.29, 1.82) is 0 Å². The highest BCUT2D eigenvalue weighted by Gasteiger charge is 2.51. The smallest absolute Gasteiger partial charge is 0.240 e. The van der Waals surface area contributed by atoms with Crippen molar-refractivity contribution in [3.8, 4) is 0 Å². The Balaban J connectivity index is 2.93. The van der Waals surface area contributed by atoms with E-state index in [0.717, 1.165) is 0 Å². The minimum Gasteiger partial charge on any atom is -0.240 e. The van der Waals surface area contributed by atoms with Crippen LogP contribution in [0.5, 0.6) is 0 Å². The highest BCUT2D eigenvalue weighted by molar-refractivity contribution is 5.91. The van der Waals surface area contributed by atoms with Crippen molar-refractivity contribution in [2.45, 2.75) is 12.8 Å². The second kappa shape index (κ2) is 3.98. The average molecular weight is 215 g/mol.